The third-order valence-corrected chi connectivity index (χ3v) is 5.34. The third-order valence-electron chi connectivity index (χ3n) is 4.37. The second kappa shape index (κ2) is 8.55. The minimum Gasteiger partial charge on any atom is -0.352 e. The van der Waals surface area contributed by atoms with E-state index in [-0.39, 0.29) is 11.6 Å². The smallest absolute Gasteiger partial charge is 0.348 e. The van der Waals surface area contributed by atoms with E-state index < -0.39 is 5.41 Å². The Labute approximate surface area is 182 Å². The minimum atomic E-state index is -0.479. The average Bonchev–Trinajstić information content (AvgIpc) is 3.07. The lowest BCUT2D eigenvalue weighted by Crippen LogP contribution is -2.34. The van der Waals surface area contributed by atoms with E-state index >= 15 is 0 Å². The van der Waals surface area contributed by atoms with Crippen molar-refractivity contribution in [1.82, 2.24) is 20.1 Å². The van der Waals surface area contributed by atoms with Crippen molar-refractivity contribution >= 4 is 33.4 Å². The number of amides is 1. The number of aromatic nitrogens is 3. The molecule has 0 saturated carbocycles. The van der Waals surface area contributed by atoms with Crippen molar-refractivity contribution in [3.8, 4) is 17.1 Å². The molecule has 0 fully saturated rings. The number of hydrogen-bond acceptors (Lipinski definition) is 3. The van der Waals surface area contributed by atoms with Crippen LogP contribution in [0.5, 0.6) is 0 Å². The molecule has 0 radical (unpaired) electrons. The Morgan fingerprint density at radius 3 is 2.45 bits per heavy atom. The van der Waals surface area contributed by atoms with Crippen molar-refractivity contribution in [3.05, 3.63) is 69.1 Å². The maximum absolute atomic E-state index is 12.5. The van der Waals surface area contributed by atoms with Gasteiger partial charge >= 0.3 is 5.69 Å². The number of aromatic amines is 1. The number of carbonyl (C=O) groups excluding carboxylic acids is 1. The summed E-state index contributed by atoms with van der Waals surface area (Å²) in [5, 5.41) is 8.45. The van der Waals surface area contributed by atoms with Gasteiger partial charge in [0, 0.05) is 22.9 Å². The number of hydrogen-bond donors (Lipinski definition) is 2. The molecule has 8 heteroatoms. The van der Waals surface area contributed by atoms with Crippen LogP contribution in [-0.4, -0.2) is 20.7 Å². The lowest BCUT2D eigenvalue weighted by molar-refractivity contribution is -0.128. The van der Waals surface area contributed by atoms with Crippen molar-refractivity contribution in [1.29, 1.82) is 0 Å². The van der Waals surface area contributed by atoms with Crippen molar-refractivity contribution in [2.45, 2.75) is 32.6 Å². The van der Waals surface area contributed by atoms with Gasteiger partial charge in [0.15, 0.2) is 5.82 Å². The number of carbonyl (C=O) groups is 1. The summed E-state index contributed by atoms with van der Waals surface area (Å²) in [6.07, 6.45) is 0. The maximum atomic E-state index is 12.5. The first-order chi connectivity index (χ1) is 13.7. The predicted molar refractivity (Wildman–Crippen MR) is 119 cm³/mol. The monoisotopic (exact) mass is 476 g/mol. The van der Waals surface area contributed by atoms with Gasteiger partial charge in [-0.2, -0.15) is 4.68 Å². The van der Waals surface area contributed by atoms with Crippen LogP contribution in [0, 0.1) is 5.41 Å². The quantitative estimate of drug-likeness (QED) is 0.533. The Bertz CT molecular complexity index is 1080. The summed E-state index contributed by atoms with van der Waals surface area (Å²) in [6.45, 7) is 5.89. The number of benzene rings is 2. The molecule has 1 heterocycles. The van der Waals surface area contributed by atoms with Gasteiger partial charge in [-0.1, -0.05) is 78.6 Å². The molecule has 0 aliphatic carbocycles. The van der Waals surface area contributed by atoms with Crippen LogP contribution in [0.25, 0.3) is 17.1 Å². The lowest BCUT2D eigenvalue weighted by atomic mass is 9.95. The van der Waals surface area contributed by atoms with Crippen LogP contribution in [0.15, 0.2) is 47.3 Å². The van der Waals surface area contributed by atoms with Gasteiger partial charge in [-0.25, -0.2) is 4.79 Å². The standard InChI is InChI=1S/C21H22BrClN4O2/c1-21(2,3)19(28)24-12-14-6-9-16(23)17(10-14)27-20(29)25-18(26-27)15-7-4-13(11-22)5-8-15/h4-10H,11-12H2,1-3H3,(H,24,28)(H,25,26,29). The lowest BCUT2D eigenvalue weighted by Gasteiger charge is -2.17. The minimum absolute atomic E-state index is 0.0554. The molecule has 0 aliphatic heterocycles. The van der Waals surface area contributed by atoms with Gasteiger partial charge in [-0.3, -0.25) is 9.78 Å². The van der Waals surface area contributed by atoms with E-state index in [2.05, 4.69) is 31.3 Å². The molecule has 3 rings (SSSR count). The zero-order valence-electron chi connectivity index (χ0n) is 16.4. The fraction of sp³-hybridized carbons (Fsp3) is 0.286. The van der Waals surface area contributed by atoms with Crippen molar-refractivity contribution in [2.24, 2.45) is 5.41 Å². The molecule has 1 aromatic heterocycles. The second-order valence-corrected chi connectivity index (χ2v) is 8.71. The van der Waals surface area contributed by atoms with E-state index in [0.29, 0.717) is 23.1 Å². The molecule has 0 aliphatic rings. The van der Waals surface area contributed by atoms with Crippen LogP contribution in [0.4, 0.5) is 0 Å². The van der Waals surface area contributed by atoms with E-state index in [1.165, 1.54) is 4.68 Å². The highest BCUT2D eigenvalue weighted by atomic mass is 79.9. The Morgan fingerprint density at radius 2 is 1.83 bits per heavy atom. The molecule has 29 heavy (non-hydrogen) atoms. The zero-order valence-corrected chi connectivity index (χ0v) is 18.8. The van der Waals surface area contributed by atoms with Crippen molar-refractivity contribution in [3.63, 3.8) is 0 Å². The molecule has 0 bridgehead atoms. The highest BCUT2D eigenvalue weighted by Crippen LogP contribution is 2.22. The molecule has 3 aromatic rings. The molecule has 6 nitrogen and oxygen atoms in total. The van der Waals surface area contributed by atoms with E-state index in [9.17, 15) is 9.59 Å². The van der Waals surface area contributed by atoms with Crippen LogP contribution < -0.4 is 11.0 Å². The Balaban J connectivity index is 1.89. The van der Waals surface area contributed by atoms with Crippen LogP contribution in [0.1, 0.15) is 31.9 Å². The van der Waals surface area contributed by atoms with Crippen molar-refractivity contribution < 1.29 is 4.79 Å². The summed E-state index contributed by atoms with van der Waals surface area (Å²) in [7, 11) is 0. The molecule has 0 spiro atoms. The highest BCUT2D eigenvalue weighted by molar-refractivity contribution is 9.08. The van der Waals surface area contributed by atoms with Gasteiger partial charge in [0.25, 0.3) is 0 Å². The number of rotatable bonds is 5. The van der Waals surface area contributed by atoms with Gasteiger partial charge in [0.1, 0.15) is 0 Å². The van der Waals surface area contributed by atoms with Gasteiger partial charge in [0.05, 0.1) is 10.7 Å². The third kappa shape index (κ3) is 4.97. The van der Waals surface area contributed by atoms with Crippen molar-refractivity contribution in [2.75, 3.05) is 0 Å². The first-order valence-corrected chi connectivity index (χ1v) is 10.6. The SMILES string of the molecule is CC(C)(C)C(=O)NCc1ccc(Cl)c(-n2nc(-c3ccc(CBr)cc3)[nH]c2=O)c1. The number of alkyl halides is 1. The summed E-state index contributed by atoms with van der Waals surface area (Å²) in [4.78, 5) is 27.4. The number of nitrogens with one attached hydrogen (secondary N) is 2. The summed E-state index contributed by atoms with van der Waals surface area (Å²) in [5.41, 5.74) is 2.34. The fourth-order valence-corrected chi connectivity index (χ4v) is 3.22. The largest absolute Gasteiger partial charge is 0.352 e. The van der Waals surface area contributed by atoms with Crippen LogP contribution in [0.3, 0.4) is 0 Å². The van der Waals surface area contributed by atoms with Crippen LogP contribution >= 0.6 is 27.5 Å². The fourth-order valence-electron chi connectivity index (χ4n) is 2.65. The topological polar surface area (TPSA) is 79.8 Å². The van der Waals surface area contributed by atoms with Crippen LogP contribution in [0.2, 0.25) is 5.02 Å². The average molecular weight is 478 g/mol. The molecule has 2 N–H and O–H groups in total. The zero-order chi connectivity index (χ0) is 21.2. The Morgan fingerprint density at radius 1 is 1.17 bits per heavy atom. The van der Waals surface area contributed by atoms with Gasteiger partial charge in [-0.05, 0) is 23.3 Å². The summed E-state index contributed by atoms with van der Waals surface area (Å²) >= 11 is 9.74. The molecule has 152 valence electrons. The van der Waals surface area contributed by atoms with E-state index in [1.54, 1.807) is 12.1 Å². The Hall–Kier alpha value is -2.38. The number of halogens is 2. The van der Waals surface area contributed by atoms with Crippen LogP contribution in [-0.2, 0) is 16.7 Å². The first kappa shape index (κ1) is 21.3. The number of H-pyrrole nitrogens is 1. The van der Waals surface area contributed by atoms with Gasteiger partial charge < -0.3 is 5.32 Å². The summed E-state index contributed by atoms with van der Waals surface area (Å²) in [5.74, 6) is 0.402. The molecular formula is C21H22BrClN4O2. The molecule has 0 saturated heterocycles. The normalized spacial score (nSPS) is 11.5. The maximum Gasteiger partial charge on any atom is 0.348 e. The predicted octanol–water partition coefficient (Wildman–Crippen LogP) is 4.44. The molecule has 1 amide bonds. The molecule has 0 unspecified atom stereocenters. The number of nitrogens with zero attached hydrogens (tertiary/aromatic N) is 2. The summed E-state index contributed by atoms with van der Waals surface area (Å²) < 4.78 is 1.24. The summed E-state index contributed by atoms with van der Waals surface area (Å²) in [6, 6.07) is 13.0. The van der Waals surface area contributed by atoms with E-state index in [0.717, 1.165) is 22.0 Å². The Kier molecular flexibility index (Phi) is 6.29. The molecular weight excluding hydrogens is 456 g/mol. The van der Waals surface area contributed by atoms with Gasteiger partial charge in [-0.15, -0.1) is 5.10 Å². The van der Waals surface area contributed by atoms with Gasteiger partial charge in [0.2, 0.25) is 5.91 Å². The first-order valence-electron chi connectivity index (χ1n) is 9.11. The molecule has 2 aromatic carbocycles. The van der Waals surface area contributed by atoms with E-state index in [1.807, 2.05) is 51.1 Å². The second-order valence-electron chi connectivity index (χ2n) is 7.74. The molecule has 0 atom stereocenters. The van der Waals surface area contributed by atoms with E-state index in [4.69, 9.17) is 11.6 Å². The highest BCUT2D eigenvalue weighted by Gasteiger charge is 2.20.